The number of benzene rings is 2. The van der Waals surface area contributed by atoms with Crippen molar-refractivity contribution in [2.45, 2.75) is 60.3 Å². The Morgan fingerprint density at radius 3 is 1.46 bits per heavy atom. The average Bonchev–Trinajstić information content (AvgIpc) is 1.61. The second-order valence-electron chi connectivity index (χ2n) is 23.1. The van der Waals surface area contributed by atoms with Crippen LogP contribution in [-0.2, 0) is 87.9 Å². The summed E-state index contributed by atoms with van der Waals surface area (Å²) in [6.07, 6.45) is 6.87. The number of nitrogens with one attached hydrogen (secondary N) is 3. The number of primary amides is 1. The van der Waals surface area contributed by atoms with Gasteiger partial charge in [-0.15, -0.1) is 0 Å². The monoisotopic (exact) mass is 1400 g/mol. The zero-order valence-electron chi connectivity index (χ0n) is 57.9. The van der Waals surface area contributed by atoms with Crippen LogP contribution >= 0.6 is 0 Å². The number of amides is 6. The average molecular weight is 1400 g/mol. The zero-order chi connectivity index (χ0) is 70.7. The van der Waals surface area contributed by atoms with Gasteiger partial charge in [0.05, 0.1) is 167 Å². The lowest BCUT2D eigenvalue weighted by molar-refractivity contribution is -0.141. The molecule has 1 fully saturated rings. The topological polar surface area (TPSA) is 347 Å². The third-order valence-corrected chi connectivity index (χ3v) is 15.8. The number of rotatable bonds is 51. The second kappa shape index (κ2) is 42.7. The molecule has 0 atom stereocenters. The Kier molecular flexibility index (Phi) is 33.0. The molecule has 4 aromatic heterocycles. The number of nitrogens with two attached hydrogens (primary N) is 1. The Morgan fingerprint density at radius 1 is 0.530 bits per heavy atom. The van der Waals surface area contributed by atoms with Crippen molar-refractivity contribution < 1.29 is 80.9 Å². The van der Waals surface area contributed by atoms with Gasteiger partial charge in [0.2, 0.25) is 23.7 Å². The summed E-state index contributed by atoms with van der Waals surface area (Å²) in [6, 6.07) is 14.4. The summed E-state index contributed by atoms with van der Waals surface area (Å²) < 4.78 is 69.3. The number of nitrogens with zero attached hydrogens (tertiary/aromatic N) is 11. The summed E-state index contributed by atoms with van der Waals surface area (Å²) in [5.41, 5.74) is 10.8. The van der Waals surface area contributed by atoms with Gasteiger partial charge in [0, 0.05) is 89.7 Å². The van der Waals surface area contributed by atoms with E-state index in [0.29, 0.717) is 204 Å². The van der Waals surface area contributed by atoms with Crippen LogP contribution in [0.1, 0.15) is 63.0 Å². The van der Waals surface area contributed by atoms with Gasteiger partial charge in [-0.05, 0) is 70.5 Å². The Hall–Kier alpha value is -8.38. The molecule has 2 aliphatic heterocycles. The number of ether oxygens (including phenoxy) is 11. The van der Waals surface area contributed by atoms with E-state index < -0.39 is 29.5 Å². The molecule has 0 radical (unpaired) electrons. The van der Waals surface area contributed by atoms with Gasteiger partial charge >= 0.3 is 0 Å². The fourth-order valence-corrected chi connectivity index (χ4v) is 10.8. The fraction of sp³-hybridized carbons (Fsp3) is 0.559. The third-order valence-electron chi connectivity index (χ3n) is 15.8. The van der Waals surface area contributed by atoms with Crippen molar-refractivity contribution in [3.8, 4) is 5.75 Å². The highest BCUT2D eigenvalue weighted by Crippen LogP contribution is 2.32. The van der Waals surface area contributed by atoms with Crippen molar-refractivity contribution in [3.63, 3.8) is 0 Å². The Labute approximate surface area is 581 Å². The normalized spacial score (nSPS) is 13.7. The fourth-order valence-electron chi connectivity index (χ4n) is 10.8. The van der Waals surface area contributed by atoms with Crippen LogP contribution in [0.2, 0.25) is 0 Å². The molecule has 32 nitrogen and oxygen atoms in total. The number of aryl methyl sites for hydroxylation is 4. The number of piperazine rings is 1. The number of hydrogen-bond acceptors (Lipinski definition) is 23. The molecule has 0 unspecified atom stereocenters. The minimum atomic E-state index is -0.644. The van der Waals surface area contributed by atoms with Crippen LogP contribution in [0.5, 0.6) is 5.75 Å². The number of imidazole rings is 2. The first-order chi connectivity index (χ1) is 48.8. The van der Waals surface area contributed by atoms with Gasteiger partial charge in [0.25, 0.3) is 23.6 Å². The molecule has 2 aliphatic rings. The first kappa shape index (κ1) is 77.4. The Bertz CT molecular complexity index is 3600. The third kappa shape index (κ3) is 25.1. The number of para-hydroxylation sites is 2. The lowest BCUT2D eigenvalue weighted by atomic mass is 10.1. The summed E-state index contributed by atoms with van der Waals surface area (Å²) in [7, 11) is 0. The molecule has 1 saturated heterocycles. The Morgan fingerprint density at radius 2 is 0.970 bits per heavy atom. The minimum Gasteiger partial charge on any atom is -0.491 e. The molecule has 6 amide bonds. The highest BCUT2D eigenvalue weighted by Gasteiger charge is 2.27. The van der Waals surface area contributed by atoms with E-state index in [-0.39, 0.29) is 43.7 Å². The second-order valence-corrected chi connectivity index (χ2v) is 23.1. The van der Waals surface area contributed by atoms with E-state index in [4.69, 9.17) is 67.8 Å². The summed E-state index contributed by atoms with van der Waals surface area (Å²) in [4.78, 5) is 90.5. The molecular formula is C68H97N15O17. The lowest BCUT2D eigenvalue weighted by Gasteiger charge is -2.34. The van der Waals surface area contributed by atoms with Crippen LogP contribution in [-0.4, -0.2) is 280 Å². The van der Waals surface area contributed by atoms with E-state index in [1.807, 2.05) is 73.2 Å². The maximum Gasteiger partial charge on any atom is 0.276 e. The highest BCUT2D eigenvalue weighted by atomic mass is 16.6. The van der Waals surface area contributed by atoms with Gasteiger partial charge < -0.3 is 77.2 Å². The largest absolute Gasteiger partial charge is 0.491 e. The smallest absolute Gasteiger partial charge is 0.276 e. The number of aromatic nitrogens is 8. The summed E-state index contributed by atoms with van der Waals surface area (Å²) in [5.74, 6) is -1.80. The summed E-state index contributed by atoms with van der Waals surface area (Å²) >= 11 is 0. The number of allylic oxidation sites excluding steroid dienone is 2. The van der Waals surface area contributed by atoms with E-state index in [1.165, 1.54) is 0 Å². The van der Waals surface area contributed by atoms with Crippen molar-refractivity contribution in [2.75, 3.05) is 202 Å². The minimum absolute atomic E-state index is 0.216. The molecule has 6 heterocycles. The Balaban J connectivity index is 0.633. The van der Waals surface area contributed by atoms with Crippen molar-refractivity contribution in [1.82, 2.24) is 58.7 Å². The van der Waals surface area contributed by atoms with Crippen LogP contribution in [0.3, 0.4) is 0 Å². The van der Waals surface area contributed by atoms with Crippen LogP contribution in [0, 0.1) is 13.8 Å². The maximum atomic E-state index is 14.0. The lowest BCUT2D eigenvalue weighted by Crippen LogP contribution is -2.47. The molecule has 5 N–H and O–H groups in total. The molecule has 8 rings (SSSR count). The molecule has 0 bridgehead atoms. The molecule has 0 aliphatic carbocycles. The molecular weight excluding hydrogens is 1300 g/mol. The van der Waals surface area contributed by atoms with E-state index >= 15 is 0 Å². The summed E-state index contributed by atoms with van der Waals surface area (Å²) in [5, 5.41) is 17.5. The highest BCUT2D eigenvalue weighted by molar-refractivity contribution is 6.14. The van der Waals surface area contributed by atoms with Gasteiger partial charge in [-0.2, -0.15) is 10.2 Å². The number of carbonyl (C=O) groups excluding carboxylic acids is 6. The van der Waals surface area contributed by atoms with E-state index in [1.54, 1.807) is 33.6 Å². The standard InChI is InChI=1S/C68H97N15O17/c1-5-82-57(46-51(3)75-82)65(88)73-67-71-54-12-7-8-13-56(54)79(67)18-9-10-19-80-63-55(72-68(80)74-66(89)58-47-52(4)76-83(58)6-2)48-53(64(69)87)49-59(63)100-25-11-17-77-20-22-78(23-21-77)24-27-91-29-31-93-33-35-95-37-39-97-41-43-99-45-44-98-42-40-96-38-36-94-34-32-92-30-28-90-26-16-70-60(84)50-81-61(85)14-15-62(81)86/h7-10,12-15,46-49H,5-6,11,16-45,50H2,1-4H3,(H2,69,87)(H,70,84)(H,71,73,88)(H,72,74,89)/b10-9+. The number of imide groups is 1. The maximum absolute atomic E-state index is 14.0. The van der Waals surface area contributed by atoms with Gasteiger partial charge in [-0.1, -0.05) is 24.3 Å². The first-order valence-corrected chi connectivity index (χ1v) is 34.1. The van der Waals surface area contributed by atoms with Crippen molar-refractivity contribution in [2.24, 2.45) is 5.73 Å². The van der Waals surface area contributed by atoms with Gasteiger partial charge in [-0.3, -0.25) is 58.6 Å². The van der Waals surface area contributed by atoms with Gasteiger partial charge in [0.1, 0.15) is 29.2 Å². The van der Waals surface area contributed by atoms with Crippen LogP contribution in [0.15, 0.2) is 72.8 Å². The van der Waals surface area contributed by atoms with Crippen molar-refractivity contribution >= 4 is 69.4 Å². The van der Waals surface area contributed by atoms with E-state index in [9.17, 15) is 28.8 Å². The molecule has 546 valence electrons. The van der Waals surface area contributed by atoms with Crippen molar-refractivity contribution in [1.29, 1.82) is 0 Å². The van der Waals surface area contributed by atoms with Crippen LogP contribution < -0.4 is 26.4 Å². The van der Waals surface area contributed by atoms with Crippen LogP contribution in [0.4, 0.5) is 11.9 Å². The van der Waals surface area contributed by atoms with E-state index in [0.717, 1.165) is 67.5 Å². The van der Waals surface area contributed by atoms with Crippen molar-refractivity contribution in [3.05, 3.63) is 101 Å². The van der Waals surface area contributed by atoms with Crippen LogP contribution in [0.25, 0.3) is 22.1 Å². The van der Waals surface area contributed by atoms with Gasteiger partial charge in [0.15, 0.2) is 0 Å². The number of fused-ring (bicyclic) bond motifs is 2. The number of hydrogen-bond donors (Lipinski definition) is 4. The molecule has 2 aromatic carbocycles. The quantitative estimate of drug-likeness (QED) is 0.0242. The predicted octanol–water partition coefficient (Wildman–Crippen LogP) is 2.89. The van der Waals surface area contributed by atoms with Gasteiger partial charge in [-0.25, -0.2) is 9.97 Å². The SMILES string of the molecule is CCn1nc(C)cc1C(=O)Nc1nc2ccccc2n1C/C=C/Cn1c(NC(=O)c2cc(C)nn2CC)nc2cc(C(N)=O)cc(OCCCN3CCN(CCOCCOCCOCCOCCOCCOCCOCCOCCOCCOCCNC(=O)CN4C(=O)C=CC4=O)CC3)c21. The molecule has 0 spiro atoms. The molecule has 100 heavy (non-hydrogen) atoms. The zero-order valence-corrected chi connectivity index (χ0v) is 57.9. The number of anilines is 2. The van der Waals surface area contributed by atoms with E-state index in [2.05, 4.69) is 35.9 Å². The predicted molar refractivity (Wildman–Crippen MR) is 368 cm³/mol. The molecule has 0 saturated carbocycles. The molecule has 6 aromatic rings. The number of carbonyl (C=O) groups is 6. The first-order valence-electron chi connectivity index (χ1n) is 34.1. The summed E-state index contributed by atoms with van der Waals surface area (Å²) in [6.45, 7) is 23.4. The molecule has 32 heteroatoms.